The summed E-state index contributed by atoms with van der Waals surface area (Å²) >= 11 is 0. The summed E-state index contributed by atoms with van der Waals surface area (Å²) in [5, 5.41) is 16.8. The van der Waals surface area contributed by atoms with E-state index in [4.69, 9.17) is 9.73 Å². The minimum absolute atomic E-state index is 0. The molecule has 0 aromatic heterocycles. The van der Waals surface area contributed by atoms with E-state index < -0.39 is 0 Å². The largest absolute Gasteiger partial charge is 0.507 e. The molecule has 6 heteroatoms. The number of hydrogen-bond acceptors (Lipinski definition) is 3. The average molecular weight is 481 g/mol. The van der Waals surface area contributed by atoms with Crippen molar-refractivity contribution in [3.8, 4) is 11.5 Å². The Kier molecular flexibility index (Phi) is 7.77. The lowest BCUT2D eigenvalue weighted by atomic mass is 10.0. The number of rotatable bonds is 4. The average Bonchev–Trinajstić information content (AvgIpc) is 2.64. The number of halogens is 1. The maximum Gasteiger partial charge on any atom is 0.192 e. The van der Waals surface area contributed by atoms with Crippen LogP contribution in [-0.4, -0.2) is 24.2 Å². The van der Waals surface area contributed by atoms with Crippen LogP contribution in [0.1, 0.15) is 41.6 Å². The highest BCUT2D eigenvalue weighted by molar-refractivity contribution is 14.0. The van der Waals surface area contributed by atoms with E-state index in [1.165, 1.54) is 5.56 Å². The van der Waals surface area contributed by atoms with Gasteiger partial charge in [-0.2, -0.15) is 0 Å². The molecule has 0 aliphatic carbocycles. The van der Waals surface area contributed by atoms with Crippen LogP contribution in [0, 0.1) is 13.8 Å². The van der Waals surface area contributed by atoms with Crippen molar-refractivity contribution in [3.63, 3.8) is 0 Å². The maximum atomic E-state index is 9.93. The Bertz CT molecular complexity index is 785. The topological polar surface area (TPSA) is 65.9 Å². The van der Waals surface area contributed by atoms with E-state index in [0.29, 0.717) is 18.9 Å². The number of aliphatic imine (C=N–C) groups is 1. The van der Waals surface area contributed by atoms with Crippen molar-refractivity contribution >= 4 is 29.9 Å². The first-order valence-corrected chi connectivity index (χ1v) is 9.14. The van der Waals surface area contributed by atoms with Gasteiger partial charge in [0.2, 0.25) is 0 Å². The number of ether oxygens (including phenoxy) is 1. The van der Waals surface area contributed by atoms with Gasteiger partial charge >= 0.3 is 0 Å². The Morgan fingerprint density at radius 2 is 1.93 bits per heavy atom. The van der Waals surface area contributed by atoms with E-state index in [0.717, 1.165) is 41.4 Å². The molecule has 1 aliphatic rings. The van der Waals surface area contributed by atoms with Crippen LogP contribution < -0.4 is 15.4 Å². The number of para-hydroxylation sites is 1. The van der Waals surface area contributed by atoms with Gasteiger partial charge in [-0.25, -0.2) is 4.99 Å². The van der Waals surface area contributed by atoms with E-state index in [9.17, 15) is 5.11 Å². The summed E-state index contributed by atoms with van der Waals surface area (Å²) in [6.45, 7) is 7.94. The SMILES string of the molecule is CCNC(=NCc1cc(C)c(O)c(C)c1)NC1CCOc2ccccc21.I. The van der Waals surface area contributed by atoms with Gasteiger partial charge < -0.3 is 20.5 Å². The molecule has 0 bridgehead atoms. The van der Waals surface area contributed by atoms with Crippen molar-refractivity contribution in [1.29, 1.82) is 0 Å². The predicted octanol–water partition coefficient (Wildman–Crippen LogP) is 4.21. The summed E-state index contributed by atoms with van der Waals surface area (Å²) in [6.07, 6.45) is 0.902. The molecule has 1 aliphatic heterocycles. The highest BCUT2D eigenvalue weighted by atomic mass is 127. The van der Waals surface area contributed by atoms with Gasteiger partial charge in [-0.15, -0.1) is 24.0 Å². The van der Waals surface area contributed by atoms with Gasteiger partial charge in [0.15, 0.2) is 5.96 Å². The smallest absolute Gasteiger partial charge is 0.192 e. The summed E-state index contributed by atoms with van der Waals surface area (Å²) < 4.78 is 5.74. The third-order valence-electron chi connectivity index (χ3n) is 4.58. The molecule has 3 N–H and O–H groups in total. The van der Waals surface area contributed by atoms with Crippen LogP contribution in [0.2, 0.25) is 0 Å². The molecule has 2 aromatic rings. The van der Waals surface area contributed by atoms with Crippen molar-refractivity contribution in [2.45, 2.75) is 39.8 Å². The molecule has 0 amide bonds. The van der Waals surface area contributed by atoms with Crippen LogP contribution in [0.5, 0.6) is 11.5 Å². The molecular formula is C21H28IN3O2. The predicted molar refractivity (Wildman–Crippen MR) is 120 cm³/mol. The lowest BCUT2D eigenvalue weighted by Gasteiger charge is -2.28. The number of fused-ring (bicyclic) bond motifs is 1. The summed E-state index contributed by atoms with van der Waals surface area (Å²) in [4.78, 5) is 4.73. The minimum Gasteiger partial charge on any atom is -0.507 e. The second-order valence-electron chi connectivity index (χ2n) is 6.65. The van der Waals surface area contributed by atoms with Gasteiger partial charge in [-0.1, -0.05) is 30.3 Å². The molecule has 0 saturated heterocycles. The fourth-order valence-corrected chi connectivity index (χ4v) is 3.28. The molecule has 2 aromatic carbocycles. The summed E-state index contributed by atoms with van der Waals surface area (Å²) in [6, 6.07) is 12.3. The van der Waals surface area contributed by atoms with Crippen LogP contribution in [0.25, 0.3) is 0 Å². The Morgan fingerprint density at radius 3 is 2.63 bits per heavy atom. The van der Waals surface area contributed by atoms with Gasteiger partial charge in [0.25, 0.3) is 0 Å². The van der Waals surface area contributed by atoms with E-state index in [-0.39, 0.29) is 30.0 Å². The van der Waals surface area contributed by atoms with Gasteiger partial charge in [-0.3, -0.25) is 0 Å². The molecule has 0 radical (unpaired) electrons. The van der Waals surface area contributed by atoms with Crippen molar-refractivity contribution in [3.05, 3.63) is 58.7 Å². The zero-order valence-corrected chi connectivity index (χ0v) is 18.4. The van der Waals surface area contributed by atoms with E-state index in [1.807, 2.05) is 44.2 Å². The van der Waals surface area contributed by atoms with Gasteiger partial charge in [0, 0.05) is 18.5 Å². The number of nitrogens with zero attached hydrogens (tertiary/aromatic N) is 1. The Hall–Kier alpha value is -1.96. The number of hydrogen-bond donors (Lipinski definition) is 3. The highest BCUT2D eigenvalue weighted by Gasteiger charge is 2.21. The van der Waals surface area contributed by atoms with Crippen LogP contribution in [0.4, 0.5) is 0 Å². The monoisotopic (exact) mass is 481 g/mol. The van der Waals surface area contributed by atoms with Crippen molar-refractivity contribution in [2.24, 2.45) is 4.99 Å². The molecule has 146 valence electrons. The first-order chi connectivity index (χ1) is 12.6. The number of nitrogens with one attached hydrogen (secondary N) is 2. The molecule has 1 unspecified atom stereocenters. The number of phenols is 1. The fraction of sp³-hybridized carbons (Fsp3) is 0.381. The van der Waals surface area contributed by atoms with Crippen LogP contribution in [0.15, 0.2) is 41.4 Å². The lowest BCUT2D eigenvalue weighted by Crippen LogP contribution is -2.41. The third kappa shape index (κ3) is 5.28. The second kappa shape index (κ2) is 9.82. The molecule has 0 fully saturated rings. The summed E-state index contributed by atoms with van der Waals surface area (Å²) in [7, 11) is 0. The van der Waals surface area contributed by atoms with Gasteiger partial charge in [-0.05, 0) is 43.5 Å². The summed E-state index contributed by atoms with van der Waals surface area (Å²) in [5.74, 6) is 2.09. The van der Waals surface area contributed by atoms with Crippen LogP contribution in [-0.2, 0) is 6.54 Å². The van der Waals surface area contributed by atoms with E-state index in [1.54, 1.807) is 0 Å². The lowest BCUT2D eigenvalue weighted by molar-refractivity contribution is 0.261. The number of phenolic OH excluding ortho intramolecular Hbond substituents is 1. The van der Waals surface area contributed by atoms with Crippen molar-refractivity contribution in [1.82, 2.24) is 10.6 Å². The molecule has 0 saturated carbocycles. The van der Waals surface area contributed by atoms with Crippen molar-refractivity contribution < 1.29 is 9.84 Å². The number of aromatic hydroxyl groups is 1. The highest BCUT2D eigenvalue weighted by Crippen LogP contribution is 2.31. The first-order valence-electron chi connectivity index (χ1n) is 9.14. The summed E-state index contributed by atoms with van der Waals surface area (Å²) in [5.41, 5.74) is 4.01. The van der Waals surface area contributed by atoms with Crippen LogP contribution >= 0.6 is 24.0 Å². The molecule has 0 spiro atoms. The van der Waals surface area contributed by atoms with Crippen molar-refractivity contribution in [2.75, 3.05) is 13.2 Å². The molecule has 27 heavy (non-hydrogen) atoms. The first kappa shape index (κ1) is 21.3. The maximum absolute atomic E-state index is 9.93. The molecule has 1 heterocycles. The third-order valence-corrected chi connectivity index (χ3v) is 4.58. The standard InChI is InChI=1S/C21H27N3O2.HI/c1-4-22-21(23-13-16-11-14(2)20(25)15(3)12-16)24-18-9-10-26-19-8-6-5-7-17(18)19;/h5-8,11-12,18,25H,4,9-10,13H2,1-3H3,(H2,22,23,24);1H. The molecule has 3 rings (SSSR count). The molecule has 5 nitrogen and oxygen atoms in total. The molecule has 1 atom stereocenters. The second-order valence-corrected chi connectivity index (χ2v) is 6.65. The number of aryl methyl sites for hydroxylation is 2. The number of guanidine groups is 1. The Morgan fingerprint density at radius 1 is 1.22 bits per heavy atom. The van der Waals surface area contributed by atoms with E-state index in [2.05, 4.69) is 23.6 Å². The normalized spacial score (nSPS) is 16.0. The minimum atomic E-state index is 0. The Balaban J connectivity index is 0.00000261. The van der Waals surface area contributed by atoms with Gasteiger partial charge in [0.1, 0.15) is 11.5 Å². The number of benzene rings is 2. The zero-order chi connectivity index (χ0) is 18.5. The zero-order valence-electron chi connectivity index (χ0n) is 16.1. The van der Waals surface area contributed by atoms with Crippen LogP contribution in [0.3, 0.4) is 0 Å². The quantitative estimate of drug-likeness (QED) is 0.348. The fourth-order valence-electron chi connectivity index (χ4n) is 3.28. The molecular weight excluding hydrogens is 453 g/mol. The van der Waals surface area contributed by atoms with E-state index >= 15 is 0 Å². The van der Waals surface area contributed by atoms with Gasteiger partial charge in [0.05, 0.1) is 19.2 Å². The Labute approximate surface area is 178 Å².